The molecule has 5 atom stereocenters. The molecule has 0 heterocycles. The summed E-state index contributed by atoms with van der Waals surface area (Å²) < 4.78 is 28.5. The Morgan fingerprint density at radius 1 is 1.40 bits per heavy atom. The lowest BCUT2D eigenvalue weighted by Crippen LogP contribution is -2.64. The maximum Gasteiger partial charge on any atom is 0.336 e. The van der Waals surface area contributed by atoms with Gasteiger partial charge >= 0.3 is 5.97 Å². The summed E-state index contributed by atoms with van der Waals surface area (Å²) in [6, 6.07) is 6.09. The van der Waals surface area contributed by atoms with Crippen LogP contribution in [0, 0.1) is 11.3 Å². The number of nitrogens with one attached hydrogen (secondary N) is 1. The van der Waals surface area contributed by atoms with Crippen molar-refractivity contribution in [3.05, 3.63) is 33.8 Å². The summed E-state index contributed by atoms with van der Waals surface area (Å²) in [5.41, 5.74) is 0.425. The molecule has 0 bridgehead atoms. The maximum atomic E-state index is 13.8. The van der Waals surface area contributed by atoms with Crippen LogP contribution < -0.4 is 4.72 Å². The molecule has 0 saturated heterocycles. The van der Waals surface area contributed by atoms with Crippen molar-refractivity contribution < 1.29 is 18.8 Å². The number of esters is 1. The number of methoxy groups -OCH3 is 1. The largest absolute Gasteiger partial charge is 0.598 e. The number of ether oxygens (including phenoxy) is 2. The van der Waals surface area contributed by atoms with Gasteiger partial charge in [-0.15, -0.1) is 4.72 Å². The van der Waals surface area contributed by atoms with Crippen molar-refractivity contribution in [1.29, 1.82) is 0 Å². The van der Waals surface area contributed by atoms with Crippen LogP contribution in [0.2, 0.25) is 0 Å². The normalized spacial score (nSPS) is 32.1. The standard InChI is InChI=1S/C23H34BrNO4S/c1-7-29-20(26)23(25-30(27)21(3,4)5)18-12-17(24)9-8-16(18)14-22(23)11-10-19(28-6)15(2)13-22/h8-9,12,15,19,25H,7,10-11,13-14H2,1-6H3/t15-,19-,22-,23?,30?/m0/s1. The average Bonchev–Trinajstić information content (AvgIpc) is 2.91. The second kappa shape index (κ2) is 8.74. The first-order chi connectivity index (χ1) is 14.0. The average molecular weight is 500 g/mol. The molecule has 0 aromatic heterocycles. The topological polar surface area (TPSA) is 70.6 Å². The van der Waals surface area contributed by atoms with E-state index in [0.29, 0.717) is 0 Å². The minimum absolute atomic E-state index is 0.166. The van der Waals surface area contributed by atoms with Gasteiger partial charge in [0.2, 0.25) is 0 Å². The molecule has 168 valence electrons. The van der Waals surface area contributed by atoms with Gasteiger partial charge in [0.1, 0.15) is 4.75 Å². The molecule has 2 unspecified atom stereocenters. The Morgan fingerprint density at radius 3 is 2.67 bits per heavy atom. The number of rotatable bonds is 5. The molecule has 5 nitrogen and oxygen atoms in total. The molecule has 2 aliphatic rings. The third-order valence-electron chi connectivity index (χ3n) is 6.74. The van der Waals surface area contributed by atoms with Crippen LogP contribution in [0.15, 0.2) is 22.7 Å². The number of halogens is 1. The number of hydrogen-bond acceptors (Lipinski definition) is 5. The smallest absolute Gasteiger partial charge is 0.336 e. The van der Waals surface area contributed by atoms with E-state index in [1.54, 1.807) is 7.11 Å². The van der Waals surface area contributed by atoms with Crippen LogP contribution in [0.3, 0.4) is 0 Å². The summed E-state index contributed by atoms with van der Waals surface area (Å²) in [7, 11) is 1.76. The Kier molecular flexibility index (Phi) is 7.00. The van der Waals surface area contributed by atoms with Gasteiger partial charge in [0.25, 0.3) is 0 Å². The summed E-state index contributed by atoms with van der Waals surface area (Å²) in [6.45, 7) is 10.0. The zero-order chi connectivity index (χ0) is 22.3. The van der Waals surface area contributed by atoms with Crippen LogP contribution in [-0.4, -0.2) is 35.1 Å². The van der Waals surface area contributed by atoms with E-state index < -0.39 is 27.1 Å². The molecule has 2 aliphatic carbocycles. The van der Waals surface area contributed by atoms with Crippen molar-refractivity contribution in [2.45, 2.75) is 76.7 Å². The highest BCUT2D eigenvalue weighted by atomic mass is 79.9. The minimum Gasteiger partial charge on any atom is -0.598 e. The summed E-state index contributed by atoms with van der Waals surface area (Å²) >= 11 is 2.13. The van der Waals surface area contributed by atoms with E-state index in [4.69, 9.17) is 9.47 Å². The highest BCUT2D eigenvalue weighted by Gasteiger charge is 2.67. The molecule has 0 aliphatic heterocycles. The first-order valence-electron chi connectivity index (χ1n) is 10.7. The predicted molar refractivity (Wildman–Crippen MR) is 123 cm³/mol. The van der Waals surface area contributed by atoms with Crippen LogP contribution in [0.1, 0.15) is 65.0 Å². The quantitative estimate of drug-likeness (QED) is 0.471. The Labute approximate surface area is 192 Å². The molecule has 1 spiro atoms. The van der Waals surface area contributed by atoms with Gasteiger partial charge in [-0.2, -0.15) is 0 Å². The van der Waals surface area contributed by atoms with Gasteiger partial charge in [-0.05, 0) is 82.6 Å². The van der Waals surface area contributed by atoms with Crippen LogP contribution in [0.4, 0.5) is 0 Å². The van der Waals surface area contributed by atoms with E-state index in [1.165, 1.54) is 0 Å². The van der Waals surface area contributed by atoms with Crippen LogP contribution >= 0.6 is 15.9 Å². The van der Waals surface area contributed by atoms with Crippen molar-refractivity contribution in [3.63, 3.8) is 0 Å². The molecular formula is C23H34BrNO4S. The molecule has 30 heavy (non-hydrogen) atoms. The van der Waals surface area contributed by atoms with Gasteiger partial charge in [-0.3, -0.25) is 0 Å². The molecule has 0 amide bonds. The van der Waals surface area contributed by atoms with Crippen molar-refractivity contribution in [2.75, 3.05) is 13.7 Å². The number of carbonyl (C=O) groups is 1. The lowest BCUT2D eigenvalue weighted by Gasteiger charge is -2.50. The van der Waals surface area contributed by atoms with Crippen molar-refractivity contribution in [1.82, 2.24) is 4.72 Å². The first kappa shape index (κ1) is 24.1. The molecule has 1 N–H and O–H groups in total. The molecular weight excluding hydrogens is 466 g/mol. The summed E-state index contributed by atoms with van der Waals surface area (Å²) in [4.78, 5) is 13.8. The second-order valence-electron chi connectivity index (χ2n) is 9.71. The number of fused-ring (bicyclic) bond motifs is 1. The van der Waals surface area contributed by atoms with Crippen molar-refractivity contribution >= 4 is 33.3 Å². The van der Waals surface area contributed by atoms with Crippen molar-refractivity contribution in [3.8, 4) is 0 Å². The lowest BCUT2D eigenvalue weighted by molar-refractivity contribution is -0.160. The monoisotopic (exact) mass is 499 g/mol. The highest BCUT2D eigenvalue weighted by Crippen LogP contribution is 2.60. The molecule has 7 heteroatoms. The fraction of sp³-hybridized carbons (Fsp3) is 0.696. The maximum absolute atomic E-state index is 13.8. The first-order valence-corrected chi connectivity index (χ1v) is 12.6. The van der Waals surface area contributed by atoms with Gasteiger partial charge in [-0.25, -0.2) is 4.79 Å². The van der Waals surface area contributed by atoms with Gasteiger partial charge < -0.3 is 14.0 Å². The van der Waals surface area contributed by atoms with E-state index in [-0.39, 0.29) is 24.6 Å². The zero-order valence-electron chi connectivity index (χ0n) is 18.8. The van der Waals surface area contributed by atoms with E-state index in [2.05, 4.69) is 33.6 Å². The van der Waals surface area contributed by atoms with Crippen molar-refractivity contribution in [2.24, 2.45) is 11.3 Å². The molecule has 3 rings (SSSR count). The third kappa shape index (κ3) is 3.96. The molecule has 0 radical (unpaired) electrons. The predicted octanol–water partition coefficient (Wildman–Crippen LogP) is 4.64. The number of carbonyl (C=O) groups excluding carboxylic acids is 1. The summed E-state index contributed by atoms with van der Waals surface area (Å²) in [5.74, 6) is -0.0531. The molecule has 1 aromatic carbocycles. The van der Waals surface area contributed by atoms with E-state index >= 15 is 0 Å². The molecule has 1 fully saturated rings. The fourth-order valence-corrected chi connectivity index (χ4v) is 6.66. The Bertz CT molecular complexity index is 798. The van der Waals surface area contributed by atoms with Crippen LogP contribution in [0.5, 0.6) is 0 Å². The molecule has 1 aromatic rings. The fourth-order valence-electron chi connectivity index (χ4n) is 5.30. The minimum atomic E-state index is -1.45. The van der Waals surface area contributed by atoms with Gasteiger partial charge in [0.05, 0.1) is 12.7 Å². The van der Waals surface area contributed by atoms with E-state index in [0.717, 1.165) is 41.3 Å². The molecule has 1 saturated carbocycles. The Morgan fingerprint density at radius 2 is 2.10 bits per heavy atom. The third-order valence-corrected chi connectivity index (χ3v) is 8.84. The van der Waals surface area contributed by atoms with Gasteiger partial charge in [-0.1, -0.05) is 28.9 Å². The lowest BCUT2D eigenvalue weighted by atomic mass is 9.59. The zero-order valence-corrected chi connectivity index (χ0v) is 21.2. The van der Waals surface area contributed by atoms with Crippen LogP contribution in [-0.2, 0) is 37.6 Å². The SMILES string of the molecule is CCOC(=O)C1(N[S+]([O-])C(C)(C)C)c2cc(Br)ccc2C[C@@]12CC[C@H](OC)[C@@H](C)C2. The van der Waals surface area contributed by atoms with Crippen LogP contribution in [0.25, 0.3) is 0 Å². The van der Waals surface area contributed by atoms with E-state index in [1.807, 2.05) is 39.8 Å². The summed E-state index contributed by atoms with van der Waals surface area (Å²) in [6.07, 6.45) is 3.38. The van der Waals surface area contributed by atoms with Gasteiger partial charge in [0, 0.05) is 28.4 Å². The second-order valence-corrected chi connectivity index (χ2v) is 12.6. The number of benzene rings is 1. The Balaban J connectivity index is 2.21. The van der Waals surface area contributed by atoms with E-state index in [9.17, 15) is 9.35 Å². The number of hydrogen-bond donors (Lipinski definition) is 1. The Hall–Kier alpha value is -0.600. The summed E-state index contributed by atoms with van der Waals surface area (Å²) in [5, 5.41) is 0. The van der Waals surface area contributed by atoms with Gasteiger partial charge in [0.15, 0.2) is 5.54 Å². The highest BCUT2D eigenvalue weighted by molar-refractivity contribution is 9.10.